The number of benzene rings is 3. The maximum atomic E-state index is 12.9. The molecule has 1 saturated carbocycles. The molecule has 1 aromatic heterocycles. The lowest BCUT2D eigenvalue weighted by Gasteiger charge is -2.30. The molecule has 1 aliphatic heterocycles. The third kappa shape index (κ3) is 2.23. The zero-order valence-corrected chi connectivity index (χ0v) is 17.4. The molecule has 0 radical (unpaired) electrons. The lowest BCUT2D eigenvalue weighted by molar-refractivity contribution is -0.781. The fourth-order valence-corrected chi connectivity index (χ4v) is 5.14. The Hall–Kier alpha value is -2.82. The van der Waals surface area contributed by atoms with Crippen molar-refractivity contribution in [3.8, 4) is 5.88 Å². The molecule has 0 unspecified atom stereocenters. The van der Waals surface area contributed by atoms with E-state index >= 15 is 0 Å². The average Bonchev–Trinajstić information content (AvgIpc) is 3.51. The van der Waals surface area contributed by atoms with Gasteiger partial charge in [-0.2, -0.15) is 0 Å². The van der Waals surface area contributed by atoms with Crippen molar-refractivity contribution in [2.24, 2.45) is 0 Å². The molecule has 0 saturated heterocycles. The van der Waals surface area contributed by atoms with Gasteiger partial charge in [-0.25, -0.2) is 0 Å². The predicted octanol–water partition coefficient (Wildman–Crippen LogP) is 4.95. The molecule has 2 aliphatic rings. The van der Waals surface area contributed by atoms with E-state index < -0.39 is 11.1 Å². The standard InChI is InChI=1S/C24H16Cl2N2O2/c25-17-9-5-15(6-10-17)24(16-7-11-18(26)12-8-16)23(13-14-23)28-22(30-24)20-4-2-1-3-19(20)21(29)27-28/h1-12H,13-14H2/p+1. The summed E-state index contributed by atoms with van der Waals surface area (Å²) in [6, 6.07) is 23.1. The molecule has 4 nitrogen and oxygen atoms in total. The van der Waals surface area contributed by atoms with E-state index in [1.54, 1.807) is 0 Å². The fraction of sp³-hybridized carbons (Fsp3) is 0.167. The predicted molar refractivity (Wildman–Crippen MR) is 116 cm³/mol. The second-order valence-corrected chi connectivity index (χ2v) is 8.83. The summed E-state index contributed by atoms with van der Waals surface area (Å²) in [6.07, 6.45) is 1.76. The molecule has 0 atom stereocenters. The number of aromatic amines is 1. The Bertz CT molecular complexity index is 1310. The van der Waals surface area contributed by atoms with Gasteiger partial charge in [-0.1, -0.05) is 64.3 Å². The van der Waals surface area contributed by atoms with E-state index in [-0.39, 0.29) is 5.56 Å². The van der Waals surface area contributed by atoms with E-state index in [0.29, 0.717) is 21.3 Å². The first-order chi connectivity index (χ1) is 14.5. The van der Waals surface area contributed by atoms with Gasteiger partial charge >= 0.3 is 11.4 Å². The molecule has 30 heavy (non-hydrogen) atoms. The van der Waals surface area contributed by atoms with Crippen molar-refractivity contribution in [2.75, 3.05) is 0 Å². The smallest absolute Gasteiger partial charge is 0.402 e. The van der Waals surface area contributed by atoms with Crippen LogP contribution < -0.4 is 15.0 Å². The molecule has 1 aliphatic carbocycles. The van der Waals surface area contributed by atoms with E-state index in [4.69, 9.17) is 27.9 Å². The summed E-state index contributed by atoms with van der Waals surface area (Å²) >= 11 is 12.4. The van der Waals surface area contributed by atoms with Gasteiger partial charge in [-0.15, -0.1) is 5.10 Å². The molecule has 0 amide bonds. The number of H-pyrrole nitrogens is 1. The Morgan fingerprint density at radius 1 is 0.800 bits per heavy atom. The first-order valence-electron chi connectivity index (χ1n) is 9.84. The highest BCUT2D eigenvalue weighted by atomic mass is 35.5. The SMILES string of the molecule is O=c1[nH][n+]2c(c3ccccc13)OC(c1ccc(Cl)cc1)(c1ccc(Cl)cc1)C21CC1. The number of hydrogen-bond donors (Lipinski definition) is 1. The Morgan fingerprint density at radius 2 is 1.33 bits per heavy atom. The van der Waals surface area contributed by atoms with Gasteiger partial charge in [0, 0.05) is 34.0 Å². The van der Waals surface area contributed by atoms with Crippen molar-refractivity contribution in [1.29, 1.82) is 0 Å². The van der Waals surface area contributed by atoms with E-state index in [2.05, 4.69) is 5.10 Å². The molecule has 6 rings (SSSR count). The maximum absolute atomic E-state index is 12.9. The molecule has 0 bridgehead atoms. The topological polar surface area (TPSA) is 46.0 Å². The van der Waals surface area contributed by atoms with E-state index in [1.807, 2.05) is 77.5 Å². The molecule has 4 aromatic rings. The van der Waals surface area contributed by atoms with Crippen LogP contribution in [0.2, 0.25) is 10.0 Å². The van der Waals surface area contributed by atoms with Crippen molar-refractivity contribution >= 4 is 34.0 Å². The van der Waals surface area contributed by atoms with E-state index in [1.165, 1.54) is 0 Å². The minimum Gasteiger partial charge on any atom is -0.418 e. The molecule has 2 heterocycles. The van der Waals surface area contributed by atoms with Crippen molar-refractivity contribution in [2.45, 2.75) is 24.0 Å². The summed E-state index contributed by atoms with van der Waals surface area (Å²) in [5, 5.41) is 5.83. The van der Waals surface area contributed by atoms with Gasteiger partial charge in [0.2, 0.25) is 11.1 Å². The monoisotopic (exact) mass is 435 g/mol. The van der Waals surface area contributed by atoms with E-state index in [9.17, 15) is 4.79 Å². The van der Waals surface area contributed by atoms with Gasteiger partial charge < -0.3 is 4.74 Å². The van der Waals surface area contributed by atoms with Crippen molar-refractivity contribution in [3.05, 3.63) is 104 Å². The highest BCUT2D eigenvalue weighted by molar-refractivity contribution is 6.30. The molecular formula is C24H17Cl2N2O2+. The Morgan fingerprint density at radius 3 is 1.87 bits per heavy atom. The molecule has 6 heteroatoms. The largest absolute Gasteiger partial charge is 0.418 e. The lowest BCUT2D eigenvalue weighted by Crippen LogP contribution is -2.57. The molecule has 148 valence electrons. The number of halogens is 2. The van der Waals surface area contributed by atoms with Crippen LogP contribution in [-0.2, 0) is 11.1 Å². The second-order valence-electron chi connectivity index (χ2n) is 7.96. The van der Waals surface area contributed by atoms with Crippen molar-refractivity contribution < 1.29 is 9.42 Å². The van der Waals surface area contributed by atoms with Gasteiger partial charge in [0.15, 0.2) is 0 Å². The van der Waals surface area contributed by atoms with Gasteiger partial charge in [0.05, 0.1) is 5.39 Å². The minimum absolute atomic E-state index is 0.118. The Kier molecular flexibility index (Phi) is 3.66. The fourth-order valence-electron chi connectivity index (χ4n) is 4.89. The lowest BCUT2D eigenvalue weighted by atomic mass is 9.78. The van der Waals surface area contributed by atoms with Crippen molar-refractivity contribution in [1.82, 2.24) is 5.10 Å². The highest BCUT2D eigenvalue weighted by Crippen LogP contribution is 2.61. The third-order valence-electron chi connectivity index (χ3n) is 6.38. The van der Waals surface area contributed by atoms with E-state index in [0.717, 1.165) is 29.4 Å². The van der Waals surface area contributed by atoms with Gasteiger partial charge in [0.1, 0.15) is 5.39 Å². The summed E-state index contributed by atoms with van der Waals surface area (Å²) in [7, 11) is 0. The van der Waals surface area contributed by atoms with Crippen LogP contribution in [0.4, 0.5) is 0 Å². The van der Waals surface area contributed by atoms with Crippen molar-refractivity contribution in [3.63, 3.8) is 0 Å². The molecule has 1 N–H and O–H groups in total. The molecule has 3 aromatic carbocycles. The summed E-state index contributed by atoms with van der Waals surface area (Å²) in [5.41, 5.74) is 0.628. The maximum Gasteiger partial charge on any atom is 0.402 e. The Labute approximate surface area is 182 Å². The summed E-state index contributed by atoms with van der Waals surface area (Å²) in [4.78, 5) is 12.9. The second kappa shape index (κ2) is 6.10. The number of fused-ring (bicyclic) bond motifs is 4. The van der Waals surface area contributed by atoms with Crippen LogP contribution in [0.5, 0.6) is 5.88 Å². The normalized spacial score (nSPS) is 17.7. The number of aromatic nitrogens is 2. The van der Waals surface area contributed by atoms with Gasteiger partial charge in [-0.05, 0) is 36.4 Å². The molecule has 1 fully saturated rings. The summed E-state index contributed by atoms with van der Waals surface area (Å²) in [5.74, 6) is 0.674. The number of ether oxygens (including phenoxy) is 1. The van der Waals surface area contributed by atoms with Gasteiger partial charge in [-0.3, -0.25) is 4.79 Å². The van der Waals surface area contributed by atoms with Crippen LogP contribution in [0.15, 0.2) is 77.6 Å². The van der Waals surface area contributed by atoms with Crippen LogP contribution in [-0.4, -0.2) is 5.10 Å². The summed E-state index contributed by atoms with van der Waals surface area (Å²) in [6.45, 7) is 0. The van der Waals surface area contributed by atoms with Crippen LogP contribution in [0, 0.1) is 0 Å². The van der Waals surface area contributed by atoms with Crippen LogP contribution >= 0.6 is 23.2 Å². The minimum atomic E-state index is -0.803. The first-order valence-corrected chi connectivity index (χ1v) is 10.6. The molecule has 1 spiro atoms. The third-order valence-corrected chi connectivity index (χ3v) is 6.88. The van der Waals surface area contributed by atoms with Crippen LogP contribution in [0.25, 0.3) is 10.8 Å². The summed E-state index contributed by atoms with van der Waals surface area (Å²) < 4.78 is 8.84. The number of rotatable bonds is 2. The average molecular weight is 436 g/mol. The zero-order valence-electron chi connectivity index (χ0n) is 15.9. The first kappa shape index (κ1) is 18.0. The number of nitrogens with one attached hydrogen (secondary N) is 1. The van der Waals surface area contributed by atoms with Gasteiger partial charge in [0.25, 0.3) is 0 Å². The van der Waals surface area contributed by atoms with Crippen LogP contribution in [0.1, 0.15) is 24.0 Å². The molecular weight excluding hydrogens is 419 g/mol. The zero-order chi connectivity index (χ0) is 20.5. The van der Waals surface area contributed by atoms with Crippen LogP contribution in [0.3, 0.4) is 0 Å². The highest BCUT2D eigenvalue weighted by Gasteiger charge is 2.77. The quantitative estimate of drug-likeness (QED) is 0.452. The number of hydrogen-bond acceptors (Lipinski definition) is 2. The number of nitrogens with zero attached hydrogens (tertiary/aromatic N) is 1. The Balaban J connectivity index is 1.70.